The SMILES string of the molecule is COc1ccc(-c2cc3ccncc3n2-c2ccccc2)cc1. The van der Waals surface area contributed by atoms with Crippen LogP contribution in [0.25, 0.3) is 27.8 Å². The van der Waals surface area contributed by atoms with Crippen LogP contribution >= 0.6 is 0 Å². The van der Waals surface area contributed by atoms with Gasteiger partial charge in [-0.15, -0.1) is 0 Å². The summed E-state index contributed by atoms with van der Waals surface area (Å²) in [5.74, 6) is 0.859. The van der Waals surface area contributed by atoms with E-state index in [4.69, 9.17) is 4.74 Å². The Labute approximate surface area is 134 Å². The van der Waals surface area contributed by atoms with Crippen molar-refractivity contribution >= 4 is 10.9 Å². The van der Waals surface area contributed by atoms with E-state index in [0.29, 0.717) is 0 Å². The van der Waals surface area contributed by atoms with Gasteiger partial charge in [0.25, 0.3) is 0 Å². The van der Waals surface area contributed by atoms with E-state index in [-0.39, 0.29) is 0 Å². The van der Waals surface area contributed by atoms with Gasteiger partial charge in [-0.3, -0.25) is 4.98 Å². The van der Waals surface area contributed by atoms with E-state index >= 15 is 0 Å². The van der Waals surface area contributed by atoms with Crippen molar-refractivity contribution in [3.05, 3.63) is 79.1 Å². The number of pyridine rings is 1. The largest absolute Gasteiger partial charge is 0.497 e. The fourth-order valence-electron chi connectivity index (χ4n) is 2.88. The molecular formula is C20H16N2O. The molecule has 112 valence electrons. The number of ether oxygens (including phenoxy) is 1. The van der Waals surface area contributed by atoms with Crippen molar-refractivity contribution < 1.29 is 4.74 Å². The highest BCUT2D eigenvalue weighted by atomic mass is 16.5. The summed E-state index contributed by atoms with van der Waals surface area (Å²) in [4.78, 5) is 4.29. The zero-order chi connectivity index (χ0) is 15.6. The average Bonchev–Trinajstić information content (AvgIpc) is 3.02. The monoisotopic (exact) mass is 300 g/mol. The second-order valence-corrected chi connectivity index (χ2v) is 5.36. The van der Waals surface area contributed by atoms with Gasteiger partial charge in [-0.25, -0.2) is 0 Å². The second kappa shape index (κ2) is 5.61. The van der Waals surface area contributed by atoms with Gasteiger partial charge in [0.2, 0.25) is 0 Å². The van der Waals surface area contributed by atoms with Crippen molar-refractivity contribution in [3.63, 3.8) is 0 Å². The summed E-state index contributed by atoms with van der Waals surface area (Å²) in [5.41, 5.74) is 4.51. The number of fused-ring (bicyclic) bond motifs is 1. The molecule has 23 heavy (non-hydrogen) atoms. The van der Waals surface area contributed by atoms with Crippen LogP contribution in [-0.2, 0) is 0 Å². The van der Waals surface area contributed by atoms with Crippen LogP contribution in [-0.4, -0.2) is 16.7 Å². The van der Waals surface area contributed by atoms with Crippen LogP contribution in [0.3, 0.4) is 0 Å². The molecule has 2 aromatic heterocycles. The fourth-order valence-corrected chi connectivity index (χ4v) is 2.88. The maximum absolute atomic E-state index is 5.26. The number of hydrogen-bond donors (Lipinski definition) is 0. The number of methoxy groups -OCH3 is 1. The van der Waals surface area contributed by atoms with Gasteiger partial charge in [-0.05, 0) is 54.1 Å². The molecule has 0 atom stereocenters. The number of aromatic nitrogens is 2. The highest BCUT2D eigenvalue weighted by molar-refractivity contribution is 5.88. The number of nitrogens with zero attached hydrogens (tertiary/aromatic N) is 2. The first kappa shape index (κ1) is 13.6. The molecule has 0 fully saturated rings. The predicted molar refractivity (Wildman–Crippen MR) is 93.1 cm³/mol. The quantitative estimate of drug-likeness (QED) is 0.548. The van der Waals surface area contributed by atoms with E-state index in [2.05, 4.69) is 52.0 Å². The summed E-state index contributed by atoms with van der Waals surface area (Å²) in [6.45, 7) is 0. The van der Waals surface area contributed by atoms with Gasteiger partial charge in [0, 0.05) is 17.3 Å². The minimum absolute atomic E-state index is 0.859. The minimum atomic E-state index is 0.859. The van der Waals surface area contributed by atoms with Crippen LogP contribution in [0.2, 0.25) is 0 Å². The molecule has 0 aliphatic carbocycles. The Balaban J connectivity index is 1.98. The molecule has 2 aromatic carbocycles. The molecule has 0 amide bonds. The topological polar surface area (TPSA) is 27.1 Å². The number of hydrogen-bond acceptors (Lipinski definition) is 2. The molecule has 0 aliphatic rings. The molecule has 4 aromatic rings. The normalized spacial score (nSPS) is 10.8. The Morgan fingerprint density at radius 2 is 1.70 bits per heavy atom. The minimum Gasteiger partial charge on any atom is -0.497 e. The second-order valence-electron chi connectivity index (χ2n) is 5.36. The highest BCUT2D eigenvalue weighted by Gasteiger charge is 2.12. The van der Waals surface area contributed by atoms with Crippen LogP contribution in [0.1, 0.15) is 0 Å². The lowest BCUT2D eigenvalue weighted by atomic mass is 10.1. The molecule has 0 saturated carbocycles. The van der Waals surface area contributed by atoms with Gasteiger partial charge >= 0.3 is 0 Å². The zero-order valence-corrected chi connectivity index (χ0v) is 12.8. The summed E-state index contributed by atoms with van der Waals surface area (Å²) in [6.07, 6.45) is 3.74. The van der Waals surface area contributed by atoms with E-state index in [9.17, 15) is 0 Å². The molecule has 3 nitrogen and oxygen atoms in total. The molecule has 0 bridgehead atoms. The third kappa shape index (κ3) is 2.36. The predicted octanol–water partition coefficient (Wildman–Crippen LogP) is 4.70. The lowest BCUT2D eigenvalue weighted by Crippen LogP contribution is -1.96. The molecule has 0 spiro atoms. The first-order chi connectivity index (χ1) is 11.4. The van der Waals surface area contributed by atoms with Crippen LogP contribution < -0.4 is 4.74 Å². The summed E-state index contributed by atoms with van der Waals surface area (Å²) in [6, 6.07) is 22.7. The van der Waals surface area contributed by atoms with Crippen LogP contribution in [0.15, 0.2) is 79.1 Å². The van der Waals surface area contributed by atoms with Crippen molar-refractivity contribution in [1.29, 1.82) is 0 Å². The third-order valence-electron chi connectivity index (χ3n) is 4.01. The lowest BCUT2D eigenvalue weighted by Gasteiger charge is -2.11. The molecule has 0 N–H and O–H groups in total. The summed E-state index contributed by atoms with van der Waals surface area (Å²) in [7, 11) is 1.68. The van der Waals surface area contributed by atoms with Gasteiger partial charge < -0.3 is 9.30 Å². The van der Waals surface area contributed by atoms with Crippen LogP contribution in [0.4, 0.5) is 0 Å². The van der Waals surface area contributed by atoms with Crippen molar-refractivity contribution in [3.8, 4) is 22.7 Å². The summed E-state index contributed by atoms with van der Waals surface area (Å²) >= 11 is 0. The van der Waals surface area contributed by atoms with Gasteiger partial charge in [0.1, 0.15) is 5.75 Å². The summed E-state index contributed by atoms with van der Waals surface area (Å²) < 4.78 is 7.50. The maximum atomic E-state index is 5.26. The molecule has 2 heterocycles. The van der Waals surface area contributed by atoms with E-state index in [1.165, 1.54) is 5.39 Å². The standard InChI is InChI=1S/C20H16N2O/c1-23-18-9-7-15(8-10-18)19-13-16-11-12-21-14-20(16)22(19)17-5-3-2-4-6-17/h2-14H,1H3. The van der Waals surface area contributed by atoms with Crippen molar-refractivity contribution in [2.45, 2.75) is 0 Å². The molecule has 0 radical (unpaired) electrons. The van der Waals surface area contributed by atoms with Crippen molar-refractivity contribution in [1.82, 2.24) is 9.55 Å². The lowest BCUT2D eigenvalue weighted by molar-refractivity contribution is 0.415. The van der Waals surface area contributed by atoms with Crippen molar-refractivity contribution in [2.75, 3.05) is 7.11 Å². The fraction of sp³-hybridized carbons (Fsp3) is 0.0500. The molecule has 3 heteroatoms. The first-order valence-corrected chi connectivity index (χ1v) is 7.52. The first-order valence-electron chi connectivity index (χ1n) is 7.52. The molecule has 0 aliphatic heterocycles. The van der Waals surface area contributed by atoms with Crippen LogP contribution in [0.5, 0.6) is 5.75 Å². The maximum Gasteiger partial charge on any atom is 0.118 e. The van der Waals surface area contributed by atoms with E-state index < -0.39 is 0 Å². The van der Waals surface area contributed by atoms with Crippen LogP contribution in [0, 0.1) is 0 Å². The Bertz CT molecular complexity index is 940. The van der Waals surface area contributed by atoms with Gasteiger partial charge in [0.05, 0.1) is 24.5 Å². The Kier molecular flexibility index (Phi) is 3.31. The number of para-hydroxylation sites is 1. The Morgan fingerprint density at radius 1 is 0.913 bits per heavy atom. The van der Waals surface area contributed by atoms with E-state index in [0.717, 1.165) is 28.2 Å². The number of rotatable bonds is 3. The highest BCUT2D eigenvalue weighted by Crippen LogP contribution is 2.31. The Hall–Kier alpha value is -3.07. The Morgan fingerprint density at radius 3 is 2.43 bits per heavy atom. The van der Waals surface area contributed by atoms with Gasteiger partial charge in [0.15, 0.2) is 0 Å². The van der Waals surface area contributed by atoms with Gasteiger partial charge in [-0.2, -0.15) is 0 Å². The van der Waals surface area contributed by atoms with Gasteiger partial charge in [-0.1, -0.05) is 18.2 Å². The average molecular weight is 300 g/mol. The van der Waals surface area contributed by atoms with E-state index in [1.54, 1.807) is 7.11 Å². The molecular weight excluding hydrogens is 284 g/mol. The van der Waals surface area contributed by atoms with Crippen molar-refractivity contribution in [2.24, 2.45) is 0 Å². The molecule has 0 unspecified atom stereocenters. The molecule has 4 rings (SSSR count). The third-order valence-corrected chi connectivity index (χ3v) is 4.01. The summed E-state index contributed by atoms with van der Waals surface area (Å²) in [5, 5.41) is 1.18. The molecule has 0 saturated heterocycles. The van der Waals surface area contributed by atoms with E-state index in [1.807, 2.05) is 36.7 Å². The number of benzene rings is 2. The zero-order valence-electron chi connectivity index (χ0n) is 12.8. The smallest absolute Gasteiger partial charge is 0.118 e.